The number of anilines is 1. The molecule has 9 nitrogen and oxygen atoms in total. The molecule has 0 saturated carbocycles. The third-order valence-electron chi connectivity index (χ3n) is 3.84. The molecule has 2 aromatic heterocycles. The summed E-state index contributed by atoms with van der Waals surface area (Å²) in [4.78, 5) is 14.6. The third-order valence-corrected chi connectivity index (χ3v) is 4.40. The van der Waals surface area contributed by atoms with E-state index in [9.17, 15) is 10.2 Å². The zero-order chi connectivity index (χ0) is 16.7. The lowest BCUT2D eigenvalue weighted by Crippen LogP contribution is -2.32. The first kappa shape index (κ1) is 16.5. The van der Waals surface area contributed by atoms with Gasteiger partial charge in [-0.3, -0.25) is 4.57 Å². The summed E-state index contributed by atoms with van der Waals surface area (Å²) in [7, 11) is 3.69. The van der Waals surface area contributed by atoms with Gasteiger partial charge in [0.1, 0.15) is 18.5 Å². The van der Waals surface area contributed by atoms with Gasteiger partial charge >= 0.3 is 0 Å². The van der Waals surface area contributed by atoms with Crippen molar-refractivity contribution in [3.8, 4) is 0 Å². The molecule has 3 heterocycles. The van der Waals surface area contributed by atoms with Crippen molar-refractivity contribution in [1.29, 1.82) is 0 Å². The fourth-order valence-electron chi connectivity index (χ4n) is 2.73. The molecule has 1 aliphatic heterocycles. The van der Waals surface area contributed by atoms with Gasteiger partial charge in [0.2, 0.25) is 0 Å². The van der Waals surface area contributed by atoms with Gasteiger partial charge in [0.15, 0.2) is 27.9 Å². The van der Waals surface area contributed by atoms with Crippen molar-refractivity contribution in [2.45, 2.75) is 31.0 Å². The van der Waals surface area contributed by atoms with E-state index in [0.717, 1.165) is 0 Å². The van der Waals surface area contributed by atoms with Crippen molar-refractivity contribution in [2.24, 2.45) is 0 Å². The van der Waals surface area contributed by atoms with Gasteiger partial charge in [-0.1, -0.05) is 0 Å². The average Bonchev–Trinajstić information content (AvgIpc) is 2.98. The highest BCUT2D eigenvalue weighted by atomic mass is 79.9. The molecule has 4 atom stereocenters. The third kappa shape index (κ3) is 2.70. The predicted molar refractivity (Wildman–Crippen MR) is 85.0 cm³/mol. The second-order valence-electron chi connectivity index (χ2n) is 5.57. The average molecular weight is 388 g/mol. The Balaban J connectivity index is 2.07. The van der Waals surface area contributed by atoms with Crippen LogP contribution in [-0.4, -0.2) is 73.9 Å². The minimum absolute atomic E-state index is 0.139. The Morgan fingerprint density at radius 2 is 2.04 bits per heavy atom. The van der Waals surface area contributed by atoms with E-state index in [-0.39, 0.29) is 13.0 Å². The lowest BCUT2D eigenvalue weighted by molar-refractivity contribution is -0.0417. The number of fused-ring (bicyclic) bond motifs is 1. The number of hydrogen-bond donors (Lipinski definition) is 3. The summed E-state index contributed by atoms with van der Waals surface area (Å²) in [6, 6.07) is 0. The second kappa shape index (κ2) is 6.29. The van der Waals surface area contributed by atoms with Gasteiger partial charge < -0.3 is 25.0 Å². The van der Waals surface area contributed by atoms with Crippen molar-refractivity contribution in [2.75, 3.05) is 25.6 Å². The first-order chi connectivity index (χ1) is 11.0. The summed E-state index contributed by atoms with van der Waals surface area (Å²) >= 11 is 3.35. The quantitative estimate of drug-likeness (QED) is 0.609. The van der Waals surface area contributed by atoms with Crippen molar-refractivity contribution >= 4 is 32.9 Å². The van der Waals surface area contributed by atoms with Crippen LogP contribution in [0, 0.1) is 0 Å². The molecule has 23 heavy (non-hydrogen) atoms. The highest BCUT2D eigenvalue weighted by molar-refractivity contribution is 9.10. The topological polar surface area (TPSA) is 117 Å². The molecule has 3 rings (SSSR count). The normalized spacial score (nSPS) is 27.7. The molecule has 1 fully saturated rings. The molecule has 0 radical (unpaired) electrons. The maximum Gasteiger partial charge on any atom is 0.181 e. The van der Waals surface area contributed by atoms with E-state index in [0.29, 0.717) is 21.7 Å². The van der Waals surface area contributed by atoms with Crippen LogP contribution in [-0.2, 0) is 4.74 Å². The van der Waals surface area contributed by atoms with Gasteiger partial charge in [-0.2, -0.15) is 0 Å². The van der Waals surface area contributed by atoms with Crippen LogP contribution in [0.2, 0.25) is 0 Å². The summed E-state index contributed by atoms with van der Waals surface area (Å²) < 4.78 is 7.71. The van der Waals surface area contributed by atoms with Crippen LogP contribution in [0.15, 0.2) is 11.1 Å². The summed E-state index contributed by atoms with van der Waals surface area (Å²) in [5.74, 6) is 0.634. The van der Waals surface area contributed by atoms with E-state index in [1.54, 1.807) is 4.57 Å². The van der Waals surface area contributed by atoms with E-state index in [1.807, 2.05) is 19.0 Å². The summed E-state index contributed by atoms with van der Waals surface area (Å²) in [5.41, 5.74) is 1.04. The maximum absolute atomic E-state index is 10.3. The highest BCUT2D eigenvalue weighted by Gasteiger charge is 2.44. The second-order valence-corrected chi connectivity index (χ2v) is 6.28. The maximum atomic E-state index is 10.3. The van der Waals surface area contributed by atoms with Crippen molar-refractivity contribution < 1.29 is 20.1 Å². The van der Waals surface area contributed by atoms with Crippen LogP contribution < -0.4 is 4.90 Å². The molecule has 10 heteroatoms. The Morgan fingerprint density at radius 1 is 1.30 bits per heavy atom. The van der Waals surface area contributed by atoms with Gasteiger partial charge in [-0.05, 0) is 22.4 Å². The van der Waals surface area contributed by atoms with Gasteiger partial charge in [0, 0.05) is 20.7 Å². The highest BCUT2D eigenvalue weighted by Crippen LogP contribution is 2.36. The fraction of sp³-hybridized carbons (Fsp3) is 0.615. The smallest absolute Gasteiger partial charge is 0.181 e. The summed E-state index contributed by atoms with van der Waals surface area (Å²) in [5, 5.41) is 29.4. The van der Waals surface area contributed by atoms with E-state index < -0.39 is 24.5 Å². The van der Waals surface area contributed by atoms with Crippen LogP contribution >= 0.6 is 15.9 Å². The number of nitrogens with zero attached hydrogens (tertiary/aromatic N) is 5. The van der Waals surface area contributed by atoms with E-state index in [1.165, 1.54) is 6.33 Å². The van der Waals surface area contributed by atoms with Crippen molar-refractivity contribution in [3.05, 3.63) is 11.1 Å². The molecule has 0 aromatic carbocycles. The number of hydrogen-bond acceptors (Lipinski definition) is 8. The van der Waals surface area contributed by atoms with Crippen LogP contribution in [0.5, 0.6) is 0 Å². The zero-order valence-electron chi connectivity index (χ0n) is 12.7. The Morgan fingerprint density at radius 3 is 2.70 bits per heavy atom. The van der Waals surface area contributed by atoms with E-state index >= 15 is 0 Å². The van der Waals surface area contributed by atoms with Gasteiger partial charge in [-0.15, -0.1) is 0 Å². The minimum atomic E-state index is -1.15. The molecule has 0 bridgehead atoms. The predicted octanol–water partition coefficient (Wildman–Crippen LogP) is -0.344. The number of aliphatic hydroxyl groups excluding tert-OH is 3. The lowest BCUT2D eigenvalue weighted by atomic mass is 10.1. The van der Waals surface area contributed by atoms with Crippen LogP contribution in [0.25, 0.3) is 11.2 Å². The molecule has 126 valence electrons. The number of aliphatic hydroxyl groups is 3. The van der Waals surface area contributed by atoms with Crippen molar-refractivity contribution in [3.63, 3.8) is 0 Å². The molecular weight excluding hydrogens is 370 g/mol. The molecular formula is C13H18BrN5O4. The molecule has 0 amide bonds. The number of imidazole rings is 1. The number of halogens is 1. The van der Waals surface area contributed by atoms with Crippen LogP contribution in [0.1, 0.15) is 12.6 Å². The first-order valence-electron chi connectivity index (χ1n) is 7.14. The Labute approximate surface area is 140 Å². The molecule has 1 saturated heterocycles. The zero-order valence-corrected chi connectivity index (χ0v) is 14.3. The number of rotatable bonds is 4. The SMILES string of the molecule is CN(C)c1ncnc2c1nc(Br)n2[C@@H]1O[C@H](CCO)[C@@H](O)[C@H]1O. The standard InChI is InChI=1S/C13H18BrN5O4/c1-18(2)10-7-11(16-5-15-10)19(13(14)17-7)12-9(22)8(21)6(23-12)3-4-20/h5-6,8-9,12,20-22H,3-4H2,1-2H3/t6-,8-,9-,12-/m1/s1. The lowest BCUT2D eigenvalue weighted by Gasteiger charge is -2.18. The molecule has 0 aliphatic carbocycles. The van der Waals surface area contributed by atoms with Gasteiger partial charge in [0.25, 0.3) is 0 Å². The first-order valence-corrected chi connectivity index (χ1v) is 7.93. The van der Waals surface area contributed by atoms with Crippen LogP contribution in [0.3, 0.4) is 0 Å². The van der Waals surface area contributed by atoms with E-state index in [4.69, 9.17) is 9.84 Å². The summed E-state index contributed by atoms with van der Waals surface area (Å²) in [6.45, 7) is -0.139. The van der Waals surface area contributed by atoms with Crippen LogP contribution in [0.4, 0.5) is 5.82 Å². The van der Waals surface area contributed by atoms with Gasteiger partial charge in [0.05, 0.1) is 6.10 Å². The Kier molecular flexibility index (Phi) is 4.52. The molecule has 1 aliphatic rings. The Bertz CT molecular complexity index is 709. The number of ether oxygens (including phenoxy) is 1. The van der Waals surface area contributed by atoms with Crippen molar-refractivity contribution in [1.82, 2.24) is 19.5 Å². The minimum Gasteiger partial charge on any atom is -0.396 e. The molecule has 2 aromatic rings. The molecule has 0 spiro atoms. The number of aromatic nitrogens is 4. The Hall–Kier alpha value is -1.33. The molecule has 3 N–H and O–H groups in total. The van der Waals surface area contributed by atoms with E-state index in [2.05, 4.69) is 30.9 Å². The fourth-order valence-corrected chi connectivity index (χ4v) is 3.28. The van der Waals surface area contributed by atoms with Gasteiger partial charge in [-0.25, -0.2) is 15.0 Å². The molecule has 0 unspecified atom stereocenters. The monoisotopic (exact) mass is 387 g/mol. The largest absolute Gasteiger partial charge is 0.396 e. The summed E-state index contributed by atoms with van der Waals surface area (Å²) in [6.07, 6.45) is -2.11.